The molecule has 0 saturated heterocycles. The number of nitrogens with zero attached hydrogens (tertiary/aromatic N) is 2. The Morgan fingerprint density at radius 1 is 1.57 bits per heavy atom. The topological polar surface area (TPSA) is 42.4 Å². The Morgan fingerprint density at radius 3 is 2.71 bits per heavy atom. The highest BCUT2D eigenvalue weighted by Gasteiger charge is 2.14. The summed E-state index contributed by atoms with van der Waals surface area (Å²) in [4.78, 5) is 20.6. The standard InChI is InChI=1S/C9H11BrN2O2/c1-6-7(4-5-8(10)11-6)9(13)12(2)14-3/h4-5H,1-3H3. The van der Waals surface area contributed by atoms with Crippen molar-refractivity contribution in [2.45, 2.75) is 6.92 Å². The van der Waals surface area contributed by atoms with Gasteiger partial charge in [0.1, 0.15) is 4.60 Å². The molecule has 1 heterocycles. The Kier molecular flexibility index (Phi) is 3.60. The molecule has 0 unspecified atom stereocenters. The number of hydrogen-bond donors (Lipinski definition) is 0. The van der Waals surface area contributed by atoms with Crippen molar-refractivity contribution in [3.8, 4) is 0 Å². The lowest BCUT2D eigenvalue weighted by Gasteiger charge is -2.14. The van der Waals surface area contributed by atoms with Crippen molar-refractivity contribution in [1.29, 1.82) is 0 Å². The maximum Gasteiger partial charge on any atom is 0.278 e. The summed E-state index contributed by atoms with van der Waals surface area (Å²) >= 11 is 3.23. The lowest BCUT2D eigenvalue weighted by atomic mass is 10.2. The largest absolute Gasteiger partial charge is 0.278 e. The van der Waals surface area contributed by atoms with Crippen LogP contribution in [0, 0.1) is 6.92 Å². The number of hydrogen-bond acceptors (Lipinski definition) is 3. The van der Waals surface area contributed by atoms with Crippen LogP contribution in [0.3, 0.4) is 0 Å². The summed E-state index contributed by atoms with van der Waals surface area (Å²) in [6.07, 6.45) is 0. The molecule has 0 aliphatic heterocycles. The lowest BCUT2D eigenvalue weighted by molar-refractivity contribution is -0.0757. The molecular weight excluding hydrogens is 248 g/mol. The van der Waals surface area contributed by atoms with Crippen LogP contribution in [-0.2, 0) is 4.84 Å². The molecule has 0 fully saturated rings. The summed E-state index contributed by atoms with van der Waals surface area (Å²) in [5, 5.41) is 1.16. The van der Waals surface area contributed by atoms with Crippen LogP contribution in [0.5, 0.6) is 0 Å². The van der Waals surface area contributed by atoms with E-state index in [1.807, 2.05) is 0 Å². The van der Waals surface area contributed by atoms with Crippen LogP contribution >= 0.6 is 15.9 Å². The number of rotatable bonds is 2. The molecule has 0 aliphatic carbocycles. The Morgan fingerprint density at radius 2 is 2.21 bits per heavy atom. The molecule has 0 spiro atoms. The Balaban J connectivity index is 3.02. The summed E-state index contributed by atoms with van der Waals surface area (Å²) < 4.78 is 0.714. The zero-order valence-electron chi connectivity index (χ0n) is 8.24. The van der Waals surface area contributed by atoms with E-state index in [-0.39, 0.29) is 5.91 Å². The summed E-state index contributed by atoms with van der Waals surface area (Å²) in [5.41, 5.74) is 1.21. The molecule has 14 heavy (non-hydrogen) atoms. The third kappa shape index (κ3) is 2.30. The van der Waals surface area contributed by atoms with Gasteiger partial charge in [0.2, 0.25) is 0 Å². The monoisotopic (exact) mass is 258 g/mol. The van der Waals surface area contributed by atoms with Gasteiger partial charge in [-0.05, 0) is 35.0 Å². The van der Waals surface area contributed by atoms with Gasteiger partial charge in [0, 0.05) is 7.05 Å². The fraction of sp³-hybridized carbons (Fsp3) is 0.333. The zero-order valence-corrected chi connectivity index (χ0v) is 9.83. The van der Waals surface area contributed by atoms with Crippen LogP contribution in [-0.4, -0.2) is 30.1 Å². The highest BCUT2D eigenvalue weighted by Crippen LogP contribution is 2.12. The molecule has 1 aromatic heterocycles. The lowest BCUT2D eigenvalue weighted by Crippen LogP contribution is -2.26. The van der Waals surface area contributed by atoms with Gasteiger partial charge < -0.3 is 0 Å². The van der Waals surface area contributed by atoms with Gasteiger partial charge in [0.25, 0.3) is 5.91 Å². The van der Waals surface area contributed by atoms with Crippen molar-refractivity contribution in [2.75, 3.05) is 14.2 Å². The highest BCUT2D eigenvalue weighted by molar-refractivity contribution is 9.10. The normalized spacial score (nSPS) is 10.0. The second-order valence-corrected chi connectivity index (χ2v) is 3.56. The molecule has 0 atom stereocenters. The van der Waals surface area contributed by atoms with E-state index in [4.69, 9.17) is 4.84 Å². The van der Waals surface area contributed by atoms with Crippen LogP contribution in [0.4, 0.5) is 0 Å². The predicted molar refractivity (Wildman–Crippen MR) is 55.8 cm³/mol. The third-order valence-corrected chi connectivity index (χ3v) is 2.28. The van der Waals surface area contributed by atoms with Crippen LogP contribution < -0.4 is 0 Å². The van der Waals surface area contributed by atoms with E-state index < -0.39 is 0 Å². The Bertz CT molecular complexity index is 355. The predicted octanol–water partition coefficient (Wildman–Crippen LogP) is 1.79. The second kappa shape index (κ2) is 4.52. The Labute approximate surface area is 91.0 Å². The van der Waals surface area contributed by atoms with Gasteiger partial charge in [-0.2, -0.15) is 0 Å². The minimum atomic E-state index is -0.204. The smallest absolute Gasteiger partial charge is 0.274 e. The molecule has 0 radical (unpaired) electrons. The minimum Gasteiger partial charge on any atom is -0.274 e. The first-order valence-electron chi connectivity index (χ1n) is 4.01. The van der Waals surface area contributed by atoms with Gasteiger partial charge >= 0.3 is 0 Å². The van der Waals surface area contributed by atoms with Gasteiger partial charge in [-0.3, -0.25) is 9.63 Å². The molecule has 1 rings (SSSR count). The fourth-order valence-corrected chi connectivity index (χ4v) is 1.41. The quantitative estimate of drug-likeness (QED) is 0.600. The van der Waals surface area contributed by atoms with Crippen LogP contribution in [0.15, 0.2) is 16.7 Å². The molecule has 5 heteroatoms. The van der Waals surface area contributed by atoms with Crippen molar-refractivity contribution in [2.24, 2.45) is 0 Å². The molecule has 0 aromatic carbocycles. The van der Waals surface area contributed by atoms with E-state index >= 15 is 0 Å². The second-order valence-electron chi connectivity index (χ2n) is 2.75. The number of hydroxylamine groups is 2. The number of carbonyl (C=O) groups is 1. The summed E-state index contributed by atoms with van der Waals surface area (Å²) in [5.74, 6) is -0.204. The number of halogens is 1. The third-order valence-electron chi connectivity index (χ3n) is 1.84. The molecule has 0 aliphatic rings. The fourth-order valence-electron chi connectivity index (χ4n) is 1.01. The molecule has 4 nitrogen and oxygen atoms in total. The van der Waals surface area contributed by atoms with E-state index in [1.165, 1.54) is 7.11 Å². The van der Waals surface area contributed by atoms with Crippen LogP contribution in [0.2, 0.25) is 0 Å². The molecule has 1 aromatic rings. The van der Waals surface area contributed by atoms with Gasteiger partial charge in [0.15, 0.2) is 0 Å². The summed E-state index contributed by atoms with van der Waals surface area (Å²) in [6.45, 7) is 1.78. The van der Waals surface area contributed by atoms with Gasteiger partial charge in [0.05, 0.1) is 18.4 Å². The van der Waals surface area contributed by atoms with Gasteiger partial charge in [-0.15, -0.1) is 0 Å². The Hall–Kier alpha value is -0.940. The van der Waals surface area contributed by atoms with Crippen LogP contribution in [0.25, 0.3) is 0 Å². The average molecular weight is 259 g/mol. The number of amides is 1. The van der Waals surface area contributed by atoms with Gasteiger partial charge in [-0.25, -0.2) is 10.0 Å². The highest BCUT2D eigenvalue weighted by atomic mass is 79.9. The van der Waals surface area contributed by atoms with Crippen molar-refractivity contribution >= 4 is 21.8 Å². The van der Waals surface area contributed by atoms with E-state index in [0.29, 0.717) is 15.9 Å². The van der Waals surface area contributed by atoms with Crippen LogP contribution in [0.1, 0.15) is 16.1 Å². The van der Waals surface area contributed by atoms with Crippen molar-refractivity contribution < 1.29 is 9.63 Å². The van der Waals surface area contributed by atoms with E-state index in [2.05, 4.69) is 20.9 Å². The number of aromatic nitrogens is 1. The number of aryl methyl sites for hydroxylation is 1. The maximum atomic E-state index is 11.7. The zero-order chi connectivity index (χ0) is 10.7. The minimum absolute atomic E-state index is 0.204. The molecule has 0 bridgehead atoms. The van der Waals surface area contributed by atoms with Crippen molar-refractivity contribution in [1.82, 2.24) is 10.0 Å². The number of carbonyl (C=O) groups excluding carboxylic acids is 1. The summed E-state index contributed by atoms with van der Waals surface area (Å²) in [7, 11) is 3.00. The molecular formula is C9H11BrN2O2. The van der Waals surface area contributed by atoms with E-state index in [9.17, 15) is 4.79 Å². The first kappa shape index (κ1) is 11.1. The van der Waals surface area contributed by atoms with Crippen molar-refractivity contribution in [3.05, 3.63) is 28.0 Å². The first-order valence-corrected chi connectivity index (χ1v) is 4.81. The molecule has 1 amide bonds. The van der Waals surface area contributed by atoms with Crippen molar-refractivity contribution in [3.63, 3.8) is 0 Å². The molecule has 76 valence electrons. The summed E-state index contributed by atoms with van der Waals surface area (Å²) in [6, 6.07) is 3.44. The first-order chi connectivity index (χ1) is 6.56. The maximum absolute atomic E-state index is 11.7. The van der Waals surface area contributed by atoms with E-state index in [1.54, 1.807) is 26.1 Å². The average Bonchev–Trinajstić information content (AvgIpc) is 2.15. The van der Waals surface area contributed by atoms with Gasteiger partial charge in [-0.1, -0.05) is 0 Å². The number of pyridine rings is 1. The molecule has 0 saturated carbocycles. The van der Waals surface area contributed by atoms with E-state index in [0.717, 1.165) is 5.06 Å². The SMILES string of the molecule is CON(C)C(=O)c1ccc(Br)nc1C. The molecule has 0 N–H and O–H groups in total.